The maximum Gasteiger partial charge on any atom is 0.187 e. The van der Waals surface area contributed by atoms with E-state index in [0.29, 0.717) is 5.88 Å². The Morgan fingerprint density at radius 2 is 2.36 bits per heavy atom. The van der Waals surface area contributed by atoms with Gasteiger partial charge >= 0.3 is 0 Å². The molecule has 0 aliphatic heterocycles. The average molecular weight is 176 g/mol. The summed E-state index contributed by atoms with van der Waals surface area (Å²) in [6.07, 6.45) is 4.35. The molecular formula is C8H14ClNO. The summed E-state index contributed by atoms with van der Waals surface area (Å²) in [5.74, 6) is 1.43. The van der Waals surface area contributed by atoms with E-state index >= 15 is 0 Å². The van der Waals surface area contributed by atoms with Gasteiger partial charge in [0.15, 0.2) is 5.90 Å². The van der Waals surface area contributed by atoms with E-state index in [1.807, 2.05) is 0 Å². The van der Waals surface area contributed by atoms with Gasteiger partial charge in [-0.25, -0.2) is 4.99 Å². The SMILES string of the molecule is C=CN=C(CCCCCl)OC. The molecule has 0 aliphatic carbocycles. The monoisotopic (exact) mass is 175 g/mol. The lowest BCUT2D eigenvalue weighted by atomic mass is 10.2. The minimum atomic E-state index is 0.699. The van der Waals surface area contributed by atoms with Crippen LogP contribution in [-0.2, 0) is 4.74 Å². The fourth-order valence-corrected chi connectivity index (χ4v) is 0.881. The zero-order chi connectivity index (χ0) is 8.53. The Bertz CT molecular complexity index is 134. The molecule has 0 heterocycles. The van der Waals surface area contributed by atoms with E-state index in [9.17, 15) is 0 Å². The third-order valence-electron chi connectivity index (χ3n) is 1.25. The Morgan fingerprint density at radius 3 is 2.82 bits per heavy atom. The van der Waals surface area contributed by atoms with Crippen molar-refractivity contribution in [1.29, 1.82) is 0 Å². The molecule has 0 aliphatic rings. The fraction of sp³-hybridized carbons (Fsp3) is 0.625. The maximum atomic E-state index is 5.50. The van der Waals surface area contributed by atoms with Gasteiger partial charge in [-0.1, -0.05) is 6.58 Å². The molecule has 11 heavy (non-hydrogen) atoms. The first-order chi connectivity index (χ1) is 5.35. The molecule has 2 nitrogen and oxygen atoms in total. The first-order valence-electron chi connectivity index (χ1n) is 3.62. The molecule has 0 bridgehead atoms. The highest BCUT2D eigenvalue weighted by molar-refractivity contribution is 6.17. The van der Waals surface area contributed by atoms with Gasteiger partial charge in [0, 0.05) is 18.5 Å². The summed E-state index contributed by atoms with van der Waals surface area (Å²) < 4.78 is 4.97. The van der Waals surface area contributed by atoms with Crippen molar-refractivity contribution in [3.8, 4) is 0 Å². The number of halogens is 1. The van der Waals surface area contributed by atoms with Crippen LogP contribution in [0.5, 0.6) is 0 Å². The number of hydrogen-bond acceptors (Lipinski definition) is 2. The third kappa shape index (κ3) is 5.92. The van der Waals surface area contributed by atoms with Gasteiger partial charge in [0.05, 0.1) is 7.11 Å². The molecule has 0 aromatic heterocycles. The van der Waals surface area contributed by atoms with Gasteiger partial charge in [-0.3, -0.25) is 0 Å². The van der Waals surface area contributed by atoms with E-state index in [1.165, 1.54) is 6.20 Å². The van der Waals surface area contributed by atoms with Gasteiger partial charge < -0.3 is 4.74 Å². The third-order valence-corrected chi connectivity index (χ3v) is 1.51. The summed E-state index contributed by atoms with van der Waals surface area (Å²) in [5.41, 5.74) is 0. The van der Waals surface area contributed by atoms with Crippen LogP contribution in [-0.4, -0.2) is 18.9 Å². The van der Waals surface area contributed by atoms with Gasteiger partial charge in [0.2, 0.25) is 0 Å². The summed E-state index contributed by atoms with van der Waals surface area (Å²) in [5, 5.41) is 0. The van der Waals surface area contributed by atoms with E-state index < -0.39 is 0 Å². The molecule has 64 valence electrons. The lowest BCUT2D eigenvalue weighted by Gasteiger charge is -2.01. The fourth-order valence-electron chi connectivity index (χ4n) is 0.692. The molecular weight excluding hydrogens is 162 g/mol. The van der Waals surface area contributed by atoms with E-state index in [1.54, 1.807) is 7.11 Å². The summed E-state index contributed by atoms with van der Waals surface area (Å²) >= 11 is 5.50. The number of aliphatic imine (C=N–C) groups is 1. The van der Waals surface area contributed by atoms with Crippen LogP contribution < -0.4 is 0 Å². The summed E-state index contributed by atoms with van der Waals surface area (Å²) in [6, 6.07) is 0. The Labute approximate surface area is 72.9 Å². The van der Waals surface area contributed by atoms with Crippen LogP contribution in [0.1, 0.15) is 19.3 Å². The first-order valence-corrected chi connectivity index (χ1v) is 4.16. The van der Waals surface area contributed by atoms with E-state index in [2.05, 4.69) is 11.6 Å². The largest absolute Gasteiger partial charge is 0.484 e. The molecule has 0 atom stereocenters. The van der Waals surface area contributed by atoms with Crippen molar-refractivity contribution in [3.63, 3.8) is 0 Å². The summed E-state index contributed by atoms with van der Waals surface area (Å²) in [6.45, 7) is 3.48. The number of rotatable bonds is 5. The number of unbranched alkanes of at least 4 members (excludes halogenated alkanes) is 1. The second-order valence-electron chi connectivity index (χ2n) is 2.06. The standard InChI is InChI=1S/C8H14ClNO/c1-3-10-8(11-2)6-4-5-7-9/h3H,1,4-7H2,2H3. The minimum absolute atomic E-state index is 0.699. The minimum Gasteiger partial charge on any atom is -0.484 e. The van der Waals surface area contributed by atoms with Crippen LogP contribution in [0.3, 0.4) is 0 Å². The van der Waals surface area contributed by atoms with Crippen LogP contribution in [0.15, 0.2) is 17.8 Å². The van der Waals surface area contributed by atoms with Crippen molar-refractivity contribution in [1.82, 2.24) is 0 Å². The zero-order valence-corrected chi connectivity index (χ0v) is 7.60. The Morgan fingerprint density at radius 1 is 1.64 bits per heavy atom. The topological polar surface area (TPSA) is 21.6 Å². The molecule has 0 fully saturated rings. The number of ether oxygens (including phenoxy) is 1. The number of methoxy groups -OCH3 is 1. The number of alkyl halides is 1. The van der Waals surface area contributed by atoms with Crippen LogP contribution >= 0.6 is 11.6 Å². The van der Waals surface area contributed by atoms with Gasteiger partial charge in [-0.05, 0) is 12.8 Å². The van der Waals surface area contributed by atoms with Gasteiger partial charge in [0.1, 0.15) is 0 Å². The highest BCUT2D eigenvalue weighted by Gasteiger charge is 1.95. The van der Waals surface area contributed by atoms with Crippen molar-refractivity contribution in [2.24, 2.45) is 4.99 Å². The first kappa shape index (κ1) is 10.5. The Hall–Kier alpha value is -0.500. The lowest BCUT2D eigenvalue weighted by Crippen LogP contribution is -2.00. The van der Waals surface area contributed by atoms with E-state index in [4.69, 9.17) is 16.3 Å². The molecule has 0 aromatic carbocycles. The van der Waals surface area contributed by atoms with Crippen molar-refractivity contribution >= 4 is 17.5 Å². The second-order valence-corrected chi connectivity index (χ2v) is 2.43. The predicted molar refractivity (Wildman–Crippen MR) is 49.2 cm³/mol. The van der Waals surface area contributed by atoms with Crippen LogP contribution in [0, 0.1) is 0 Å². The molecule has 3 heteroatoms. The van der Waals surface area contributed by atoms with E-state index in [0.717, 1.165) is 25.2 Å². The highest BCUT2D eigenvalue weighted by Crippen LogP contribution is 2.00. The number of hydrogen-bond donors (Lipinski definition) is 0. The highest BCUT2D eigenvalue weighted by atomic mass is 35.5. The smallest absolute Gasteiger partial charge is 0.187 e. The van der Waals surface area contributed by atoms with Gasteiger partial charge in [0.25, 0.3) is 0 Å². The molecule has 0 saturated heterocycles. The van der Waals surface area contributed by atoms with Crippen LogP contribution in [0.4, 0.5) is 0 Å². The maximum absolute atomic E-state index is 5.50. The molecule has 0 aromatic rings. The average Bonchev–Trinajstić information content (AvgIpc) is 2.03. The van der Waals surface area contributed by atoms with Crippen molar-refractivity contribution in [2.45, 2.75) is 19.3 Å². The zero-order valence-electron chi connectivity index (χ0n) is 6.85. The Balaban J connectivity index is 3.52. The Kier molecular flexibility index (Phi) is 7.26. The molecule has 0 rings (SSSR count). The van der Waals surface area contributed by atoms with Gasteiger partial charge in [-0.2, -0.15) is 0 Å². The summed E-state index contributed by atoms with van der Waals surface area (Å²) in [4.78, 5) is 3.93. The molecule has 0 N–H and O–H groups in total. The predicted octanol–water partition coefficient (Wildman–Crippen LogP) is 2.58. The molecule has 0 saturated carbocycles. The molecule has 0 unspecified atom stereocenters. The molecule has 0 spiro atoms. The molecule has 0 radical (unpaired) electrons. The normalized spacial score (nSPS) is 11.3. The quantitative estimate of drug-likeness (QED) is 0.273. The van der Waals surface area contributed by atoms with Crippen molar-refractivity contribution in [2.75, 3.05) is 13.0 Å². The van der Waals surface area contributed by atoms with Crippen LogP contribution in [0.2, 0.25) is 0 Å². The van der Waals surface area contributed by atoms with Gasteiger partial charge in [-0.15, -0.1) is 11.6 Å². The second kappa shape index (κ2) is 7.61. The number of nitrogens with zero attached hydrogens (tertiary/aromatic N) is 1. The van der Waals surface area contributed by atoms with Crippen LogP contribution in [0.25, 0.3) is 0 Å². The lowest BCUT2D eigenvalue weighted by molar-refractivity contribution is 0.388. The van der Waals surface area contributed by atoms with E-state index in [-0.39, 0.29) is 0 Å². The van der Waals surface area contributed by atoms with Crippen molar-refractivity contribution in [3.05, 3.63) is 12.8 Å². The van der Waals surface area contributed by atoms with Crippen molar-refractivity contribution < 1.29 is 4.74 Å². The molecule has 0 amide bonds. The summed E-state index contributed by atoms with van der Waals surface area (Å²) in [7, 11) is 1.61.